The molecule has 0 saturated carbocycles. The molecule has 0 radical (unpaired) electrons. The van der Waals surface area contributed by atoms with E-state index < -0.39 is 180 Å². The lowest BCUT2D eigenvalue weighted by molar-refractivity contribution is -0.119. The van der Waals surface area contributed by atoms with Crippen LogP contribution in [0.15, 0.2) is 96.5 Å². The van der Waals surface area contributed by atoms with Gasteiger partial charge in [-0.3, -0.25) is 67.0 Å². The minimum Gasteiger partial charge on any atom is -0.388 e. The zero-order valence-electron chi connectivity index (χ0n) is 75.6. The summed E-state index contributed by atoms with van der Waals surface area (Å²) in [6, 6.07) is 0. The monoisotopic (exact) mass is 1920 g/mol. The third-order valence-electron chi connectivity index (χ3n) is 21.3. The van der Waals surface area contributed by atoms with Crippen LogP contribution in [-0.4, -0.2) is 352 Å². The third-order valence-corrected chi connectivity index (χ3v) is 29.3. The van der Waals surface area contributed by atoms with E-state index in [2.05, 4.69) is 153 Å². The number of rotatable bonds is 35. The normalized spacial score (nSPS) is 27.4. The molecule has 1 amide bonds. The van der Waals surface area contributed by atoms with E-state index in [-0.39, 0.29) is 37.9 Å². The summed E-state index contributed by atoms with van der Waals surface area (Å²) in [4.78, 5) is 106. The molecule has 6 aliphatic rings. The third kappa shape index (κ3) is 32.8. The van der Waals surface area contributed by atoms with Gasteiger partial charge < -0.3 is 101 Å². The quantitative estimate of drug-likeness (QED) is 0.0136. The number of nitrogens with one attached hydrogen (secondary N) is 8. The first-order chi connectivity index (χ1) is 59.0. The number of nitrogens with zero attached hydrogens (tertiary/aromatic N) is 5. The number of ether oxygens (including phenoxy) is 5. The lowest BCUT2D eigenvalue weighted by Crippen LogP contribution is -2.47. The van der Waals surface area contributed by atoms with Crippen molar-refractivity contribution in [2.45, 2.75) is 221 Å². The van der Waals surface area contributed by atoms with Crippen LogP contribution in [0.2, 0.25) is 0 Å². The molecule has 10 rings (SSSR count). The Morgan fingerprint density at radius 3 is 1.01 bits per heavy atom. The fourth-order valence-corrected chi connectivity index (χ4v) is 19.3. The summed E-state index contributed by atoms with van der Waals surface area (Å²) >= 11 is 10.5. The standard InChI is InChI=1S/C17H30N3O5P.2C17H30N3O4PS.C17H25N2O6P.C16H25N2O4P/c1-5-7-18-9-11-10-20(17(24)19-15(11)23)16-14(22)13(21)12(25-16)6-8-26(2,3)4;2*1-5-7-18-9-11-10-20(17(26)19-15(11)23)16-14(22)13(21)12(24-16)6-8-25(2,3)4;1-10(20)5-6-11-9-19(17(24)18-15(11)23)16-14(22)13(21)12(25-16)7-8-26(2,3)4;1-6-11-9-18(10(2)17-15(11)21)16-14(20)13(19)12(22-16)7-8-23(3,4)5/h10,12-14,16,18,21-22H,2,5-9H2,1,3-4H3,(H,19,23,24);2*10,12-14,16,18,21-22H,2,5-9H2,1,3-4H3,(H,19,23,26);5-6,9,12-14,16,21-22H,2,7-8H2,1,3-4H3,(H,18,23,24);6,9,12-14,16,19-20H,1-3,7-8H2,4-5H3,(H,17,21)/b;;;6-5+;/t5*12-,13-,14-,16-/m11111/s1. The van der Waals surface area contributed by atoms with Crippen molar-refractivity contribution in [3.05, 3.63) is 162 Å². The summed E-state index contributed by atoms with van der Waals surface area (Å²) in [6.45, 7) is 32.9. The van der Waals surface area contributed by atoms with E-state index in [1.54, 1.807) is 12.4 Å². The zero-order valence-corrected chi connectivity index (χ0v) is 81.7. The first-order valence-corrected chi connectivity index (χ1v) is 58.4. The SMILES string of the molecule is C=CC1=CN([C@@H]2O[C@H](CCP(=C)(C)C)[C@@H](O)[C@H]2O)C(=C)NC1=O.C=P(C)(C)CC[C@H]1O[C@@H](n2cc(/C=C/C(C)=O)c(=O)[nH]c2=O)[C@H](O)[C@@H]1O.C=P(C)(C)CC[C@H]1O[C@@H](n2cc(CNCCC)c(=O)[nH]c2=O)[C@H](O)[C@@H]1O.C=P(C)(C)CC[C@H]1O[C@@H](n2cc(CNCCC)c(=O)[nH]c2=S)[C@H](O)[C@@H]1O.C=P(C)(C)CC[C@H]1O[C@@H](n2cc(CNCCC)c(=O)[nH]c2=S)[C@H](O)[C@@H]1O. The van der Waals surface area contributed by atoms with Gasteiger partial charge in [-0.2, -0.15) is 0 Å². The van der Waals surface area contributed by atoms with E-state index in [4.69, 9.17) is 48.1 Å². The largest absolute Gasteiger partial charge is 0.388 e. The molecule has 0 spiro atoms. The van der Waals surface area contributed by atoms with Crippen LogP contribution in [0.5, 0.6) is 0 Å². The molecule has 10 heterocycles. The van der Waals surface area contributed by atoms with Gasteiger partial charge in [0.1, 0.15) is 66.9 Å². The number of aromatic nitrogens is 8. The molecule has 18 N–H and O–H groups in total. The van der Waals surface area contributed by atoms with Crippen LogP contribution in [0.1, 0.15) is 126 Å². The van der Waals surface area contributed by atoms with Crippen molar-refractivity contribution in [1.82, 2.24) is 64.4 Å². The minimum atomic E-state index is -1.33. The van der Waals surface area contributed by atoms with Crippen LogP contribution < -0.4 is 54.9 Å². The molecule has 43 heteroatoms. The Hall–Kier alpha value is -5.76. The molecule has 5 fully saturated rings. The number of amides is 1. The number of allylic oxidation sites excluding steroid dienone is 1. The highest BCUT2D eigenvalue weighted by Gasteiger charge is 2.49. The highest BCUT2D eigenvalue weighted by molar-refractivity contribution is 7.73. The van der Waals surface area contributed by atoms with E-state index >= 15 is 0 Å². The lowest BCUT2D eigenvalue weighted by atomic mass is 10.1. The molecular weight excluding hydrogens is 1780 g/mol. The number of aliphatic hydroxyl groups is 10. The molecular formula is C84H140N13O23P5S2. The van der Waals surface area contributed by atoms with Crippen molar-refractivity contribution < 1.29 is 84.3 Å². The van der Waals surface area contributed by atoms with Gasteiger partial charge in [-0.1, -0.05) is 40.0 Å². The van der Waals surface area contributed by atoms with Gasteiger partial charge in [-0.25, -0.2) is 9.59 Å². The number of aromatic amines is 4. The Morgan fingerprint density at radius 1 is 0.433 bits per heavy atom. The van der Waals surface area contributed by atoms with E-state index in [9.17, 15) is 89.4 Å². The second kappa shape index (κ2) is 48.8. The van der Waals surface area contributed by atoms with Crippen LogP contribution in [0.25, 0.3) is 6.08 Å². The van der Waals surface area contributed by atoms with Gasteiger partial charge in [0.15, 0.2) is 46.5 Å². The van der Waals surface area contributed by atoms with E-state index in [1.807, 2.05) is 20.8 Å². The van der Waals surface area contributed by atoms with Gasteiger partial charge in [-0.05, 0) is 212 Å². The second-order valence-electron chi connectivity index (χ2n) is 36.3. The van der Waals surface area contributed by atoms with Crippen LogP contribution in [0, 0.1) is 9.54 Å². The van der Waals surface area contributed by atoms with Crippen molar-refractivity contribution >= 4 is 108 Å². The fourth-order valence-electron chi connectivity index (χ4n) is 14.0. The topological polar surface area (TPSA) is 519 Å². The summed E-state index contributed by atoms with van der Waals surface area (Å²) in [5.74, 6) is -0.272. The zero-order chi connectivity index (χ0) is 95.5. The molecule has 6 aliphatic heterocycles. The molecule has 0 unspecified atom stereocenters. The second-order valence-corrected chi connectivity index (χ2v) is 58.6. The first-order valence-electron chi connectivity index (χ1n) is 42.3. The molecule has 127 heavy (non-hydrogen) atoms. The molecule has 4 aromatic heterocycles. The number of hydrogen-bond acceptors (Lipinski definition) is 29. The first kappa shape index (κ1) is 110. The van der Waals surface area contributed by atoms with Gasteiger partial charge >= 0.3 is 11.4 Å². The van der Waals surface area contributed by atoms with Gasteiger partial charge in [0, 0.05) is 67.3 Å². The van der Waals surface area contributed by atoms with E-state index in [0.29, 0.717) is 79.8 Å². The predicted molar refractivity (Wildman–Crippen MR) is 519 cm³/mol. The molecule has 36 nitrogen and oxygen atoms in total. The molecule has 5 saturated heterocycles. The number of hydrogen-bond donors (Lipinski definition) is 18. The van der Waals surface area contributed by atoms with Gasteiger partial charge in [-0.15, -0.1) is 65.9 Å². The van der Waals surface area contributed by atoms with Gasteiger partial charge in [0.05, 0.1) is 41.7 Å². The number of aliphatic hydroxyl groups excluding tert-OH is 10. The highest BCUT2D eigenvalue weighted by Crippen LogP contribution is 2.44. The molecule has 716 valence electrons. The fraction of sp³-hybridized carbons (Fsp3) is 0.631. The minimum absolute atomic E-state index is 0.0679. The molecule has 4 aromatic rings. The molecule has 0 bridgehead atoms. The average molecular weight is 1920 g/mol. The number of H-pyrrole nitrogens is 4. The van der Waals surface area contributed by atoms with E-state index in [1.165, 1.54) is 57.8 Å². The maximum Gasteiger partial charge on any atom is 0.330 e. The van der Waals surface area contributed by atoms with Crippen molar-refractivity contribution in [3.8, 4) is 0 Å². The van der Waals surface area contributed by atoms with Crippen molar-refractivity contribution in [1.29, 1.82) is 0 Å². The Balaban J connectivity index is 0.000000245. The summed E-state index contributed by atoms with van der Waals surface area (Å²) in [7, 11) is 0. The summed E-state index contributed by atoms with van der Waals surface area (Å²) in [6.07, 6.45) is 23.5. The van der Waals surface area contributed by atoms with Crippen molar-refractivity contribution in [2.75, 3.05) is 117 Å². The van der Waals surface area contributed by atoms with E-state index in [0.717, 1.165) is 78.8 Å². The Morgan fingerprint density at radius 2 is 0.709 bits per heavy atom. The van der Waals surface area contributed by atoms with Crippen LogP contribution in [0.3, 0.4) is 0 Å². The lowest BCUT2D eigenvalue weighted by Gasteiger charge is -2.34. The summed E-state index contributed by atoms with van der Waals surface area (Å²) in [5, 5.41) is 115. The van der Waals surface area contributed by atoms with Gasteiger partial charge in [0.25, 0.3) is 28.1 Å². The smallest absolute Gasteiger partial charge is 0.330 e. The number of ketones is 1. The summed E-state index contributed by atoms with van der Waals surface area (Å²) in [5.41, 5.74) is -1.29. The Bertz CT molecular complexity index is 4940. The highest BCUT2D eigenvalue weighted by atomic mass is 32.1. The maximum atomic E-state index is 12.2. The molecule has 0 aromatic carbocycles. The maximum absolute atomic E-state index is 12.2. The molecule has 20 atom stereocenters. The Kier molecular flexibility index (Phi) is 42.2. The van der Waals surface area contributed by atoms with Crippen LogP contribution in [-0.2, 0) is 52.9 Å². The van der Waals surface area contributed by atoms with Crippen molar-refractivity contribution in [2.24, 2.45) is 0 Å². The van der Waals surface area contributed by atoms with Crippen LogP contribution >= 0.6 is 58.9 Å². The molecule has 0 aliphatic carbocycles. The number of carbonyl (C=O) groups is 2. The Labute approximate surface area is 752 Å². The van der Waals surface area contributed by atoms with Gasteiger partial charge in [0.2, 0.25) is 0 Å². The predicted octanol–water partition coefficient (Wildman–Crippen LogP) is 2.37. The summed E-state index contributed by atoms with van der Waals surface area (Å²) < 4.78 is 34.7. The van der Waals surface area contributed by atoms with Crippen LogP contribution in [0.4, 0.5) is 0 Å². The van der Waals surface area contributed by atoms with Crippen molar-refractivity contribution in [3.63, 3.8) is 0 Å². The number of carbonyl (C=O) groups excluding carboxylic acids is 2. The average Bonchev–Trinajstić information content (AvgIpc) is 1.69.